The van der Waals surface area contributed by atoms with E-state index in [1.54, 1.807) is 6.07 Å². The van der Waals surface area contributed by atoms with Crippen LogP contribution in [0.25, 0.3) is 10.9 Å². The molecular weight excluding hydrogens is 401 g/mol. The fraction of sp³-hybridized carbons (Fsp3) is 0.0909. The Hall–Kier alpha value is -1.51. The number of hydrogen-bond donors (Lipinski definition) is 4. The molecule has 2 rings (SSSR count). The summed E-state index contributed by atoms with van der Waals surface area (Å²) in [6.45, 7) is 0. The lowest BCUT2D eigenvalue weighted by Crippen LogP contribution is -2.17. The van der Waals surface area contributed by atoms with Crippen LogP contribution in [0.4, 0.5) is 8.78 Å². The number of aromatic nitrogens is 1. The van der Waals surface area contributed by atoms with Gasteiger partial charge in [-0.2, -0.15) is 14.0 Å². The van der Waals surface area contributed by atoms with Crippen molar-refractivity contribution in [1.29, 1.82) is 5.26 Å². The second-order valence-corrected chi connectivity index (χ2v) is 5.95. The first-order valence-electron chi connectivity index (χ1n) is 5.27. The van der Waals surface area contributed by atoms with Crippen molar-refractivity contribution in [3.63, 3.8) is 0 Å². The number of fused-ring (bicyclic) bond motifs is 1. The number of nitriles is 1. The fourth-order valence-corrected chi connectivity index (χ4v) is 2.62. The highest BCUT2D eigenvalue weighted by Gasteiger charge is 2.42. The van der Waals surface area contributed by atoms with Crippen molar-refractivity contribution in [3.8, 4) is 6.07 Å². The zero-order valence-electron chi connectivity index (χ0n) is 11.4. The summed E-state index contributed by atoms with van der Waals surface area (Å²) in [6, 6.07) is 6.88. The topological polar surface area (TPSA) is 173 Å². The van der Waals surface area contributed by atoms with Crippen LogP contribution in [0.1, 0.15) is 11.3 Å². The van der Waals surface area contributed by atoms with E-state index in [0.29, 0.717) is 5.39 Å². The zero-order chi connectivity index (χ0) is 15.8. The van der Waals surface area contributed by atoms with E-state index in [0.717, 1.165) is 6.07 Å². The summed E-state index contributed by atoms with van der Waals surface area (Å²) in [5, 5.41) is 9.21. The Kier molecular flexibility index (Phi) is 6.89. The first kappa shape index (κ1) is 21.5. The maximum atomic E-state index is 13.8. The van der Waals surface area contributed by atoms with E-state index < -0.39 is 19.5 Å². The van der Waals surface area contributed by atoms with Gasteiger partial charge in [-0.25, -0.2) is 14.1 Å². The molecule has 1 aromatic heterocycles. The number of hydrogen-bond acceptors (Lipinski definition) is 6. The van der Waals surface area contributed by atoms with E-state index in [-0.39, 0.29) is 28.0 Å². The van der Waals surface area contributed by atoms with E-state index >= 15 is 0 Å². The van der Waals surface area contributed by atoms with Crippen molar-refractivity contribution in [2.75, 3.05) is 0 Å². The normalized spacial score (nSPS) is 11.3. The third kappa shape index (κ3) is 4.98. The maximum absolute atomic E-state index is 13.8. The number of benzene rings is 1. The van der Waals surface area contributed by atoms with Gasteiger partial charge < -0.3 is 22.1 Å². The van der Waals surface area contributed by atoms with E-state index in [2.05, 4.69) is 25.4 Å². The van der Waals surface area contributed by atoms with Crippen LogP contribution < -0.4 is 12.3 Å². The highest BCUT2D eigenvalue weighted by molar-refractivity contribution is 9.10. The lowest BCUT2D eigenvalue weighted by molar-refractivity contribution is -0.196. The molecule has 0 atom stereocenters. The van der Waals surface area contributed by atoms with Crippen LogP contribution in [-0.4, -0.2) is 14.8 Å². The van der Waals surface area contributed by atoms with Gasteiger partial charge in [0, 0.05) is 9.86 Å². The molecule has 8 N–H and O–H groups in total. The molecule has 0 amide bonds. The molecule has 0 unspecified atom stereocenters. The third-order valence-electron chi connectivity index (χ3n) is 2.44. The SMILES string of the molecule is N.N.N#Cc1ccc2cc(Br)c(C(F)(F)OP(=O)(O)O)cc2n1. The lowest BCUT2D eigenvalue weighted by Gasteiger charge is -2.19. The first-order chi connectivity index (χ1) is 9.62. The molecule has 23 heavy (non-hydrogen) atoms. The fourth-order valence-electron chi connectivity index (χ4n) is 1.63. The summed E-state index contributed by atoms with van der Waals surface area (Å²) < 4.78 is 41.6. The van der Waals surface area contributed by atoms with Crippen LogP contribution in [0.5, 0.6) is 0 Å². The number of nitrogens with zero attached hydrogens (tertiary/aromatic N) is 2. The number of phosphoric ester groups is 1. The predicted octanol–water partition coefficient (Wildman–Crippen LogP) is 3.35. The first-order valence-corrected chi connectivity index (χ1v) is 7.60. The van der Waals surface area contributed by atoms with Crippen LogP contribution in [0.15, 0.2) is 28.7 Å². The van der Waals surface area contributed by atoms with E-state index in [9.17, 15) is 13.3 Å². The molecule has 126 valence electrons. The summed E-state index contributed by atoms with van der Waals surface area (Å²) in [6.07, 6.45) is -4.23. The average Bonchev–Trinajstić information content (AvgIpc) is 2.34. The van der Waals surface area contributed by atoms with E-state index in [1.807, 2.05) is 0 Å². The summed E-state index contributed by atoms with van der Waals surface area (Å²) in [5.74, 6) is 0. The van der Waals surface area contributed by atoms with Gasteiger partial charge in [0.15, 0.2) is 0 Å². The Morgan fingerprint density at radius 3 is 2.43 bits per heavy atom. The Balaban J connectivity index is 0.00000242. The second-order valence-electron chi connectivity index (χ2n) is 3.93. The summed E-state index contributed by atoms with van der Waals surface area (Å²) in [7, 11) is -5.39. The van der Waals surface area contributed by atoms with Gasteiger partial charge >= 0.3 is 13.9 Å². The number of rotatable bonds is 3. The average molecular weight is 413 g/mol. The monoisotopic (exact) mass is 412 g/mol. The van der Waals surface area contributed by atoms with Gasteiger partial charge in [0.25, 0.3) is 0 Å². The Labute approximate surface area is 137 Å². The zero-order valence-corrected chi connectivity index (χ0v) is 13.9. The minimum absolute atomic E-state index is 0. The maximum Gasteiger partial charge on any atom is 0.474 e. The smallest absolute Gasteiger partial charge is 0.344 e. The van der Waals surface area contributed by atoms with Gasteiger partial charge in [0.05, 0.1) is 11.1 Å². The van der Waals surface area contributed by atoms with Crippen molar-refractivity contribution >= 4 is 34.7 Å². The number of alkyl halides is 2. The van der Waals surface area contributed by atoms with Crippen LogP contribution in [0, 0.1) is 11.3 Å². The van der Waals surface area contributed by atoms with Crippen molar-refractivity contribution in [2.45, 2.75) is 6.11 Å². The number of pyridine rings is 1. The molecule has 0 saturated carbocycles. The Morgan fingerprint density at radius 2 is 1.91 bits per heavy atom. The Morgan fingerprint density at radius 1 is 1.30 bits per heavy atom. The van der Waals surface area contributed by atoms with Gasteiger partial charge in [0.2, 0.25) is 0 Å². The molecule has 0 radical (unpaired) electrons. The molecule has 0 saturated heterocycles. The highest BCUT2D eigenvalue weighted by Crippen LogP contribution is 2.49. The van der Waals surface area contributed by atoms with Crippen LogP contribution in [0.3, 0.4) is 0 Å². The van der Waals surface area contributed by atoms with Crippen molar-refractivity contribution in [3.05, 3.63) is 40.0 Å². The van der Waals surface area contributed by atoms with Gasteiger partial charge in [0.1, 0.15) is 11.8 Å². The quantitative estimate of drug-likeness (QED) is 0.554. The van der Waals surface area contributed by atoms with Gasteiger partial charge in [-0.05, 0) is 24.3 Å². The van der Waals surface area contributed by atoms with Crippen LogP contribution in [-0.2, 0) is 15.2 Å². The molecular formula is C11H12BrF2N4O4P. The molecule has 0 bridgehead atoms. The standard InChI is InChI=1S/C11H6BrF2N2O4P.2H3N/c12-9-3-6-1-2-7(5-15)16-10(6)4-8(9)11(13,14)20-21(17,18)19;;/h1-4H,(H2,17,18,19);2*1H3. The predicted molar refractivity (Wildman–Crippen MR) is 81.2 cm³/mol. The molecule has 8 nitrogen and oxygen atoms in total. The van der Waals surface area contributed by atoms with Crippen molar-refractivity contribution in [1.82, 2.24) is 17.3 Å². The van der Waals surface area contributed by atoms with Crippen molar-refractivity contribution < 1.29 is 27.7 Å². The molecule has 12 heteroatoms. The molecule has 0 aliphatic carbocycles. The van der Waals surface area contributed by atoms with Gasteiger partial charge in [-0.15, -0.1) is 0 Å². The largest absolute Gasteiger partial charge is 0.474 e. The van der Waals surface area contributed by atoms with E-state index in [1.165, 1.54) is 18.2 Å². The lowest BCUT2D eigenvalue weighted by atomic mass is 10.1. The van der Waals surface area contributed by atoms with E-state index in [4.69, 9.17) is 15.0 Å². The summed E-state index contributed by atoms with van der Waals surface area (Å²) in [5.41, 5.74) is -0.711. The summed E-state index contributed by atoms with van der Waals surface area (Å²) in [4.78, 5) is 20.9. The van der Waals surface area contributed by atoms with Crippen molar-refractivity contribution in [2.24, 2.45) is 0 Å². The number of halogens is 3. The minimum atomic E-state index is -5.39. The molecule has 0 aliphatic rings. The molecule has 2 aromatic rings. The Bertz CT molecular complexity index is 808. The second kappa shape index (κ2) is 7.37. The van der Waals surface area contributed by atoms with Crippen LogP contribution >= 0.6 is 23.8 Å². The molecule has 0 aliphatic heterocycles. The van der Waals surface area contributed by atoms with Gasteiger partial charge in [-0.1, -0.05) is 15.9 Å². The summed E-state index contributed by atoms with van der Waals surface area (Å²) >= 11 is 2.89. The third-order valence-corrected chi connectivity index (χ3v) is 3.56. The molecule has 0 fully saturated rings. The van der Waals surface area contributed by atoms with Crippen LogP contribution in [0.2, 0.25) is 0 Å². The highest BCUT2D eigenvalue weighted by atomic mass is 79.9. The molecule has 1 aromatic carbocycles. The molecule has 0 spiro atoms. The minimum Gasteiger partial charge on any atom is -0.344 e. The van der Waals surface area contributed by atoms with Gasteiger partial charge in [-0.3, -0.25) is 0 Å². The number of phosphoric acid groups is 1. The molecule has 1 heterocycles.